The normalized spacial score (nSPS) is 22.7. The molecule has 1 N–H and O–H groups in total. The summed E-state index contributed by atoms with van der Waals surface area (Å²) in [5, 5.41) is 3.60. The molecule has 0 saturated heterocycles. The number of aromatic nitrogens is 1. The zero-order chi connectivity index (χ0) is 10.1. The van der Waals surface area contributed by atoms with E-state index in [2.05, 4.69) is 34.3 Å². The first-order valence-corrected chi connectivity index (χ1v) is 4.92. The Hall–Kier alpha value is -2.09. The molecule has 2 heterocycles. The number of nitrogens with one attached hydrogen (secondary N) is 1. The van der Waals surface area contributed by atoms with Gasteiger partial charge in [0, 0.05) is 33.9 Å². The summed E-state index contributed by atoms with van der Waals surface area (Å²) >= 11 is 0. The van der Waals surface area contributed by atoms with Gasteiger partial charge in [-0.2, -0.15) is 0 Å². The Morgan fingerprint density at radius 2 is 2.00 bits per heavy atom. The summed E-state index contributed by atoms with van der Waals surface area (Å²) in [6, 6.07) is 8.31. The number of aliphatic imine (C=N–C) groups is 1. The van der Waals surface area contributed by atoms with E-state index in [-0.39, 0.29) is 0 Å². The molecule has 0 fully saturated rings. The quantitative estimate of drug-likeness (QED) is 0.655. The van der Waals surface area contributed by atoms with Gasteiger partial charge in [0.15, 0.2) is 0 Å². The van der Waals surface area contributed by atoms with Crippen LogP contribution in [0.2, 0.25) is 0 Å². The number of benzene rings is 1. The number of rotatable bonds is 0. The number of fused-ring (bicyclic) bond motifs is 3. The van der Waals surface area contributed by atoms with Gasteiger partial charge in [0.25, 0.3) is 0 Å². The van der Waals surface area contributed by atoms with Crippen LogP contribution in [0.4, 0.5) is 0 Å². The van der Waals surface area contributed by atoms with Crippen molar-refractivity contribution in [3.05, 3.63) is 47.1 Å². The SMILES string of the molecule is C1=C\N=C/C=c2/[nH]c3ccccc3/c2=C/1. The van der Waals surface area contributed by atoms with Gasteiger partial charge in [0.1, 0.15) is 0 Å². The smallest absolute Gasteiger partial charge is 0.0480 e. The second kappa shape index (κ2) is 3.24. The lowest BCUT2D eigenvalue weighted by Gasteiger charge is -1.86. The maximum absolute atomic E-state index is 4.09. The highest BCUT2D eigenvalue weighted by molar-refractivity contribution is 5.93. The Morgan fingerprint density at radius 3 is 3.00 bits per heavy atom. The van der Waals surface area contributed by atoms with Crippen LogP contribution in [0.5, 0.6) is 0 Å². The third-order valence-corrected chi connectivity index (χ3v) is 2.54. The van der Waals surface area contributed by atoms with Crippen LogP contribution in [-0.2, 0) is 0 Å². The molecule has 0 radical (unpaired) electrons. The van der Waals surface area contributed by atoms with Crippen LogP contribution in [0, 0.1) is 0 Å². The van der Waals surface area contributed by atoms with Crippen molar-refractivity contribution < 1.29 is 0 Å². The van der Waals surface area contributed by atoms with Crippen LogP contribution >= 0.6 is 0 Å². The molecule has 2 aromatic rings. The van der Waals surface area contributed by atoms with Gasteiger partial charge in [-0.15, -0.1) is 0 Å². The highest BCUT2D eigenvalue weighted by Gasteiger charge is 1.97. The van der Waals surface area contributed by atoms with E-state index in [1.54, 1.807) is 12.4 Å². The molecule has 2 heteroatoms. The van der Waals surface area contributed by atoms with Crippen LogP contribution in [-0.4, -0.2) is 11.2 Å². The zero-order valence-corrected chi connectivity index (χ0v) is 8.14. The molecule has 1 aliphatic heterocycles. The molecule has 0 bridgehead atoms. The van der Waals surface area contributed by atoms with Crippen molar-refractivity contribution in [2.45, 2.75) is 0 Å². The molecule has 0 aliphatic carbocycles. The number of hydrogen-bond donors (Lipinski definition) is 1. The van der Waals surface area contributed by atoms with E-state index in [0.717, 1.165) is 5.35 Å². The summed E-state index contributed by atoms with van der Waals surface area (Å²) in [6.07, 6.45) is 9.64. The second-order valence-electron chi connectivity index (χ2n) is 3.47. The predicted octanol–water partition coefficient (Wildman–Crippen LogP) is 1.33. The molecule has 1 aromatic carbocycles. The largest absolute Gasteiger partial charge is 0.354 e. The maximum Gasteiger partial charge on any atom is 0.0480 e. The average Bonchev–Trinajstić information content (AvgIpc) is 2.55. The van der Waals surface area contributed by atoms with Gasteiger partial charge >= 0.3 is 0 Å². The van der Waals surface area contributed by atoms with Crippen LogP contribution in [0.3, 0.4) is 0 Å². The molecule has 0 saturated carbocycles. The van der Waals surface area contributed by atoms with Crippen molar-refractivity contribution in [1.82, 2.24) is 4.98 Å². The predicted molar refractivity (Wildman–Crippen MR) is 64.1 cm³/mol. The van der Waals surface area contributed by atoms with E-state index >= 15 is 0 Å². The molecule has 0 unspecified atom stereocenters. The summed E-state index contributed by atoms with van der Waals surface area (Å²) in [6.45, 7) is 0. The van der Waals surface area contributed by atoms with Crippen LogP contribution < -0.4 is 10.6 Å². The van der Waals surface area contributed by atoms with Gasteiger partial charge in [-0.25, -0.2) is 0 Å². The molecule has 3 rings (SSSR count). The summed E-state index contributed by atoms with van der Waals surface area (Å²) in [4.78, 5) is 7.46. The zero-order valence-electron chi connectivity index (χ0n) is 8.14. The standard InChI is InChI=1S/C13H10N2/c1-2-6-12-10(4-1)11-5-3-8-14-9-7-13(11)15-12/h1-9,15H/b5-3?,8-3-,9-7?,11-5-,13-7+,14-8?,14-9-. The van der Waals surface area contributed by atoms with Crippen molar-refractivity contribution in [1.29, 1.82) is 0 Å². The Labute approximate surface area is 87.0 Å². The molecule has 0 spiro atoms. The number of H-pyrrole nitrogens is 1. The van der Waals surface area contributed by atoms with Crippen LogP contribution in [0.25, 0.3) is 23.1 Å². The van der Waals surface area contributed by atoms with E-state index in [1.165, 1.54) is 16.1 Å². The number of nitrogens with zero attached hydrogens (tertiary/aromatic N) is 1. The average molecular weight is 194 g/mol. The number of hydrogen-bond acceptors (Lipinski definition) is 1. The molecule has 1 aromatic heterocycles. The maximum atomic E-state index is 4.09. The lowest BCUT2D eigenvalue weighted by molar-refractivity contribution is 1.36. The van der Waals surface area contributed by atoms with Crippen molar-refractivity contribution in [3.63, 3.8) is 0 Å². The molecule has 0 atom stereocenters. The van der Waals surface area contributed by atoms with Crippen molar-refractivity contribution >= 4 is 29.3 Å². The Kier molecular flexibility index (Phi) is 1.78. The Bertz CT molecular complexity index is 672. The third-order valence-electron chi connectivity index (χ3n) is 2.54. The minimum absolute atomic E-state index is 1.12. The van der Waals surface area contributed by atoms with Gasteiger partial charge < -0.3 is 4.98 Å². The van der Waals surface area contributed by atoms with Gasteiger partial charge in [-0.05, 0) is 18.2 Å². The Balaban J connectivity index is 2.56. The van der Waals surface area contributed by atoms with E-state index in [0.29, 0.717) is 0 Å². The topological polar surface area (TPSA) is 28.1 Å². The van der Waals surface area contributed by atoms with Crippen LogP contribution in [0.1, 0.15) is 0 Å². The molecule has 72 valence electrons. The first-order valence-electron chi connectivity index (χ1n) is 4.92. The fourth-order valence-corrected chi connectivity index (χ4v) is 1.85. The van der Waals surface area contributed by atoms with Crippen molar-refractivity contribution in [2.75, 3.05) is 0 Å². The molecular weight excluding hydrogens is 184 g/mol. The molecule has 15 heavy (non-hydrogen) atoms. The summed E-state index contributed by atoms with van der Waals surface area (Å²) in [5.74, 6) is 0. The summed E-state index contributed by atoms with van der Waals surface area (Å²) in [5.41, 5.74) is 1.17. The van der Waals surface area contributed by atoms with Gasteiger partial charge in [0.05, 0.1) is 0 Å². The fourth-order valence-electron chi connectivity index (χ4n) is 1.85. The monoisotopic (exact) mass is 194 g/mol. The van der Waals surface area contributed by atoms with E-state index in [1.807, 2.05) is 18.2 Å². The van der Waals surface area contributed by atoms with E-state index in [9.17, 15) is 0 Å². The minimum Gasteiger partial charge on any atom is -0.354 e. The van der Waals surface area contributed by atoms with Gasteiger partial charge in [-0.1, -0.05) is 24.3 Å². The molecule has 1 aliphatic rings. The molecule has 2 nitrogen and oxygen atoms in total. The first kappa shape index (κ1) is 8.24. The molecular formula is C13H10N2. The number of aromatic amines is 1. The van der Waals surface area contributed by atoms with Crippen molar-refractivity contribution in [3.8, 4) is 0 Å². The summed E-state index contributed by atoms with van der Waals surface area (Å²) < 4.78 is 0. The number of para-hydroxylation sites is 1. The van der Waals surface area contributed by atoms with E-state index < -0.39 is 0 Å². The number of allylic oxidation sites excluding steroid dienone is 1. The fraction of sp³-hybridized carbons (Fsp3) is 0. The second-order valence-corrected chi connectivity index (χ2v) is 3.47. The minimum atomic E-state index is 1.12. The highest BCUT2D eigenvalue weighted by atomic mass is 14.7. The Morgan fingerprint density at radius 1 is 1.07 bits per heavy atom. The molecule has 0 amide bonds. The first-order chi connectivity index (χ1) is 7.45. The summed E-state index contributed by atoms with van der Waals surface area (Å²) in [7, 11) is 0. The lowest BCUT2D eigenvalue weighted by atomic mass is 10.2. The highest BCUT2D eigenvalue weighted by Crippen LogP contribution is 2.03. The van der Waals surface area contributed by atoms with Crippen LogP contribution in [0.15, 0.2) is 41.5 Å². The van der Waals surface area contributed by atoms with Crippen molar-refractivity contribution in [2.24, 2.45) is 4.99 Å². The van der Waals surface area contributed by atoms with Gasteiger partial charge in [-0.3, -0.25) is 4.99 Å². The van der Waals surface area contributed by atoms with Gasteiger partial charge in [0.2, 0.25) is 0 Å². The third kappa shape index (κ3) is 1.31. The lowest BCUT2D eigenvalue weighted by Crippen LogP contribution is -2.22. The van der Waals surface area contributed by atoms with E-state index in [4.69, 9.17) is 0 Å².